The van der Waals surface area contributed by atoms with Crippen molar-refractivity contribution in [3.05, 3.63) is 69.8 Å². The molecule has 2 aromatic carbocycles. The molecule has 160 valence electrons. The van der Waals surface area contributed by atoms with Crippen LogP contribution in [0.5, 0.6) is 0 Å². The molecule has 0 radical (unpaired) electrons. The Kier molecular flexibility index (Phi) is 6.34. The highest BCUT2D eigenvalue weighted by Crippen LogP contribution is 2.21. The average molecular weight is 439 g/mol. The summed E-state index contributed by atoms with van der Waals surface area (Å²) >= 11 is 0. The third kappa shape index (κ3) is 4.26. The first kappa shape index (κ1) is 22.3. The number of aromatic nitrogens is 2. The van der Waals surface area contributed by atoms with Gasteiger partial charge in [-0.15, -0.1) is 0 Å². The van der Waals surface area contributed by atoms with Crippen LogP contribution < -0.4 is 5.56 Å². The van der Waals surface area contributed by atoms with E-state index < -0.39 is 27.3 Å². The van der Waals surface area contributed by atoms with Gasteiger partial charge >= 0.3 is 0 Å². The summed E-state index contributed by atoms with van der Waals surface area (Å²) in [6.07, 6.45) is 0. The molecule has 0 amide bonds. The van der Waals surface area contributed by atoms with Crippen molar-refractivity contribution in [1.82, 2.24) is 14.3 Å². The summed E-state index contributed by atoms with van der Waals surface area (Å²) in [5.74, 6) is -1.96. The van der Waals surface area contributed by atoms with E-state index in [0.29, 0.717) is 24.0 Å². The van der Waals surface area contributed by atoms with Gasteiger partial charge in [0, 0.05) is 18.7 Å². The standard InChI is InChI=1S/C22H22N4O4S/c1-4-26(5-2)31(29,30)16-9-7-15(8-10-16)20(27)18(13-23)21-24-19-11-6-14(3)12-17(19)22(28)25-21/h6-12,18H,4-5H2,1-3H3,(H,24,25,28). The largest absolute Gasteiger partial charge is 0.308 e. The Labute approximate surface area is 180 Å². The van der Waals surface area contributed by atoms with Gasteiger partial charge in [0.2, 0.25) is 10.0 Å². The summed E-state index contributed by atoms with van der Waals surface area (Å²) in [6, 6.07) is 12.4. The number of nitrogens with one attached hydrogen (secondary N) is 1. The number of nitriles is 1. The minimum Gasteiger partial charge on any atom is -0.308 e. The van der Waals surface area contributed by atoms with Gasteiger partial charge in [-0.2, -0.15) is 9.57 Å². The number of aromatic amines is 1. The third-order valence-electron chi connectivity index (χ3n) is 5.03. The molecular formula is C22H22N4O4S. The van der Waals surface area contributed by atoms with Gasteiger partial charge in [0.05, 0.1) is 21.9 Å². The van der Waals surface area contributed by atoms with E-state index in [-0.39, 0.29) is 16.3 Å². The van der Waals surface area contributed by atoms with Crippen LogP contribution >= 0.6 is 0 Å². The molecule has 1 aromatic heterocycles. The minimum atomic E-state index is -3.66. The fraction of sp³-hybridized carbons (Fsp3) is 0.273. The normalized spacial score (nSPS) is 12.6. The van der Waals surface area contributed by atoms with Crippen LogP contribution in [-0.4, -0.2) is 41.6 Å². The van der Waals surface area contributed by atoms with Crippen LogP contribution in [0.15, 0.2) is 52.2 Å². The van der Waals surface area contributed by atoms with Gasteiger partial charge in [-0.1, -0.05) is 37.6 Å². The van der Waals surface area contributed by atoms with E-state index in [1.54, 1.807) is 32.0 Å². The Morgan fingerprint density at radius 1 is 1.16 bits per heavy atom. The number of carbonyl (C=O) groups is 1. The lowest BCUT2D eigenvalue weighted by Gasteiger charge is -2.18. The van der Waals surface area contributed by atoms with Crippen molar-refractivity contribution < 1.29 is 13.2 Å². The van der Waals surface area contributed by atoms with Gasteiger partial charge in [0.15, 0.2) is 11.7 Å². The van der Waals surface area contributed by atoms with E-state index in [0.717, 1.165) is 5.56 Å². The molecular weight excluding hydrogens is 416 g/mol. The molecule has 9 heteroatoms. The summed E-state index contributed by atoms with van der Waals surface area (Å²) in [5, 5.41) is 9.98. The maximum Gasteiger partial charge on any atom is 0.258 e. The van der Waals surface area contributed by atoms with Gasteiger partial charge in [0.1, 0.15) is 5.82 Å². The minimum absolute atomic E-state index is 0.0475. The lowest BCUT2D eigenvalue weighted by molar-refractivity contribution is 0.0976. The number of H-pyrrole nitrogens is 1. The van der Waals surface area contributed by atoms with Gasteiger partial charge in [-0.25, -0.2) is 13.4 Å². The van der Waals surface area contributed by atoms with Crippen molar-refractivity contribution in [3.8, 4) is 6.07 Å². The summed E-state index contributed by atoms with van der Waals surface area (Å²) in [7, 11) is -3.66. The maximum absolute atomic E-state index is 12.9. The van der Waals surface area contributed by atoms with Crippen molar-refractivity contribution in [2.45, 2.75) is 31.6 Å². The number of sulfonamides is 1. The topological polar surface area (TPSA) is 124 Å². The number of rotatable bonds is 7. The summed E-state index contributed by atoms with van der Waals surface area (Å²) in [6.45, 7) is 6.00. The number of Topliss-reactive ketones (excluding diaryl/α,β-unsaturated/α-hetero) is 1. The first-order valence-corrected chi connectivity index (χ1v) is 11.2. The van der Waals surface area contributed by atoms with Crippen LogP contribution in [0.4, 0.5) is 0 Å². The molecule has 0 saturated carbocycles. The zero-order chi connectivity index (χ0) is 22.8. The smallest absolute Gasteiger partial charge is 0.258 e. The molecule has 0 spiro atoms. The maximum atomic E-state index is 12.9. The average Bonchev–Trinajstić information content (AvgIpc) is 2.75. The van der Waals surface area contributed by atoms with Crippen molar-refractivity contribution in [2.75, 3.05) is 13.1 Å². The van der Waals surface area contributed by atoms with E-state index in [9.17, 15) is 23.3 Å². The lowest BCUT2D eigenvalue weighted by Crippen LogP contribution is -2.30. The van der Waals surface area contributed by atoms with E-state index in [2.05, 4.69) is 9.97 Å². The molecule has 0 saturated heterocycles. The molecule has 1 heterocycles. The molecule has 31 heavy (non-hydrogen) atoms. The van der Waals surface area contributed by atoms with Crippen LogP contribution in [0.1, 0.15) is 41.5 Å². The van der Waals surface area contributed by atoms with Gasteiger partial charge in [-0.3, -0.25) is 9.59 Å². The van der Waals surface area contributed by atoms with Gasteiger partial charge in [-0.05, 0) is 31.2 Å². The van der Waals surface area contributed by atoms with Crippen LogP contribution in [0.25, 0.3) is 10.9 Å². The predicted molar refractivity (Wildman–Crippen MR) is 116 cm³/mol. The fourth-order valence-electron chi connectivity index (χ4n) is 3.32. The van der Waals surface area contributed by atoms with E-state index in [4.69, 9.17) is 0 Å². The van der Waals surface area contributed by atoms with Crippen molar-refractivity contribution in [3.63, 3.8) is 0 Å². The lowest BCUT2D eigenvalue weighted by atomic mass is 9.98. The van der Waals surface area contributed by atoms with Crippen LogP contribution in [0.3, 0.4) is 0 Å². The highest BCUT2D eigenvalue weighted by molar-refractivity contribution is 7.89. The second kappa shape index (κ2) is 8.79. The Hall–Kier alpha value is -3.35. The zero-order valence-electron chi connectivity index (χ0n) is 17.4. The van der Waals surface area contributed by atoms with E-state index in [1.165, 1.54) is 28.6 Å². The molecule has 0 bridgehead atoms. The number of nitrogens with zero attached hydrogens (tertiary/aromatic N) is 3. The molecule has 8 nitrogen and oxygen atoms in total. The highest BCUT2D eigenvalue weighted by atomic mass is 32.2. The second-order valence-corrected chi connectivity index (χ2v) is 8.95. The Bertz CT molecular complexity index is 1330. The van der Waals surface area contributed by atoms with Crippen molar-refractivity contribution >= 4 is 26.7 Å². The highest BCUT2D eigenvalue weighted by Gasteiger charge is 2.26. The first-order valence-electron chi connectivity index (χ1n) is 9.77. The number of hydrogen-bond donors (Lipinski definition) is 1. The number of ketones is 1. The quantitative estimate of drug-likeness (QED) is 0.566. The Balaban J connectivity index is 1.96. The molecule has 0 fully saturated rings. The number of hydrogen-bond acceptors (Lipinski definition) is 6. The molecule has 0 aliphatic rings. The van der Waals surface area contributed by atoms with E-state index in [1.807, 2.05) is 13.0 Å². The molecule has 1 unspecified atom stereocenters. The molecule has 1 N–H and O–H groups in total. The molecule has 1 atom stereocenters. The first-order chi connectivity index (χ1) is 14.7. The van der Waals surface area contributed by atoms with Crippen LogP contribution in [0.2, 0.25) is 0 Å². The number of aryl methyl sites for hydroxylation is 1. The summed E-state index contributed by atoms with van der Waals surface area (Å²) in [5.41, 5.74) is 0.993. The zero-order valence-corrected chi connectivity index (χ0v) is 18.2. The molecule has 3 rings (SSSR count). The predicted octanol–water partition coefficient (Wildman–Crippen LogP) is 2.75. The Morgan fingerprint density at radius 2 is 1.81 bits per heavy atom. The number of fused-ring (bicyclic) bond motifs is 1. The van der Waals surface area contributed by atoms with Gasteiger partial charge in [0.25, 0.3) is 5.56 Å². The van der Waals surface area contributed by atoms with E-state index >= 15 is 0 Å². The summed E-state index contributed by atoms with van der Waals surface area (Å²) in [4.78, 5) is 32.3. The summed E-state index contributed by atoms with van der Waals surface area (Å²) < 4.78 is 26.5. The SMILES string of the molecule is CCN(CC)S(=O)(=O)c1ccc(C(=O)C(C#N)c2nc3ccc(C)cc3c(=O)[nH]2)cc1. The molecule has 0 aliphatic heterocycles. The molecule has 3 aromatic rings. The van der Waals surface area contributed by atoms with Crippen LogP contribution in [0, 0.1) is 18.3 Å². The third-order valence-corrected chi connectivity index (χ3v) is 7.09. The molecule has 0 aliphatic carbocycles. The van der Waals surface area contributed by atoms with Gasteiger partial charge < -0.3 is 4.98 Å². The van der Waals surface area contributed by atoms with Crippen LogP contribution in [-0.2, 0) is 10.0 Å². The second-order valence-electron chi connectivity index (χ2n) is 7.01. The Morgan fingerprint density at radius 3 is 2.39 bits per heavy atom. The number of carbonyl (C=O) groups excluding carboxylic acids is 1. The van der Waals surface area contributed by atoms with Crippen molar-refractivity contribution in [1.29, 1.82) is 5.26 Å². The monoisotopic (exact) mass is 438 g/mol. The fourth-order valence-corrected chi connectivity index (χ4v) is 4.78. The van der Waals surface area contributed by atoms with Crippen molar-refractivity contribution in [2.24, 2.45) is 0 Å². The number of benzene rings is 2.